The van der Waals surface area contributed by atoms with Crippen LogP contribution in [0.3, 0.4) is 0 Å². The van der Waals surface area contributed by atoms with E-state index in [4.69, 9.17) is 0 Å². The Morgan fingerprint density at radius 2 is 2.15 bits per heavy atom. The first-order valence-electron chi connectivity index (χ1n) is 6.65. The van der Waals surface area contributed by atoms with Crippen molar-refractivity contribution in [1.82, 2.24) is 10.3 Å². The zero-order valence-corrected chi connectivity index (χ0v) is 12.9. The van der Waals surface area contributed by atoms with Crippen molar-refractivity contribution in [2.24, 2.45) is 0 Å². The highest BCUT2D eigenvalue weighted by Crippen LogP contribution is 2.24. The average molecular weight is 304 g/mol. The minimum Gasteiger partial charge on any atom is -0.349 e. The summed E-state index contributed by atoms with van der Waals surface area (Å²) in [6.07, 6.45) is 2.24. The molecule has 1 amide bonds. The molecule has 1 aliphatic rings. The maximum Gasteiger partial charge on any atom is 0.251 e. The lowest BCUT2D eigenvalue weighted by molar-refractivity contribution is 0.0951. The number of hydrogen-bond donors (Lipinski definition) is 1. The molecule has 3 rings (SSSR count). The molecule has 0 spiro atoms. The number of hydrogen-bond acceptors (Lipinski definition) is 4. The van der Waals surface area contributed by atoms with Gasteiger partial charge in [0.2, 0.25) is 0 Å². The van der Waals surface area contributed by atoms with Gasteiger partial charge in [0.15, 0.2) is 0 Å². The van der Waals surface area contributed by atoms with Crippen LogP contribution in [0.2, 0.25) is 0 Å². The molecule has 0 unspecified atom stereocenters. The molecule has 2 aromatic rings. The van der Waals surface area contributed by atoms with Gasteiger partial charge >= 0.3 is 0 Å². The lowest BCUT2D eigenvalue weighted by atomic mass is 10.2. The van der Waals surface area contributed by atoms with Gasteiger partial charge in [-0.05, 0) is 44.0 Å². The van der Waals surface area contributed by atoms with E-state index in [-0.39, 0.29) is 5.91 Å². The number of benzene rings is 1. The Bertz CT molecular complexity index is 603. The quantitative estimate of drug-likeness (QED) is 0.858. The molecule has 0 saturated heterocycles. The van der Waals surface area contributed by atoms with Crippen LogP contribution in [-0.4, -0.2) is 16.9 Å². The highest BCUT2D eigenvalue weighted by molar-refractivity contribution is 7.98. The number of aromatic nitrogens is 1. The van der Waals surface area contributed by atoms with Gasteiger partial charge in [-0.15, -0.1) is 23.1 Å². The van der Waals surface area contributed by atoms with Gasteiger partial charge in [0.1, 0.15) is 0 Å². The fourth-order valence-corrected chi connectivity index (χ4v) is 3.34. The lowest BCUT2D eigenvalue weighted by Crippen LogP contribution is -2.25. The molecule has 0 bridgehead atoms. The Morgan fingerprint density at radius 3 is 2.75 bits per heavy atom. The first-order valence-corrected chi connectivity index (χ1v) is 8.52. The summed E-state index contributed by atoms with van der Waals surface area (Å²) in [6.45, 7) is 2.02. The number of thioether (sulfide) groups is 1. The molecule has 0 radical (unpaired) electrons. The average Bonchev–Trinajstić information content (AvgIpc) is 3.17. The van der Waals surface area contributed by atoms with Crippen LogP contribution in [0.25, 0.3) is 0 Å². The topological polar surface area (TPSA) is 42.0 Å². The summed E-state index contributed by atoms with van der Waals surface area (Å²) in [5.41, 5.74) is 1.86. The van der Waals surface area contributed by atoms with Crippen LogP contribution in [0, 0.1) is 6.92 Å². The molecule has 1 aromatic carbocycles. The SMILES string of the molecule is Cc1nc(CSc2ccc(C(=O)NC3CC3)cc2)cs1. The molecule has 1 aromatic heterocycles. The van der Waals surface area contributed by atoms with Crippen LogP contribution in [0.1, 0.15) is 33.9 Å². The fourth-order valence-electron chi connectivity index (χ4n) is 1.83. The van der Waals surface area contributed by atoms with E-state index in [0.29, 0.717) is 6.04 Å². The molecule has 1 heterocycles. The van der Waals surface area contributed by atoms with Crippen molar-refractivity contribution in [2.75, 3.05) is 0 Å². The molecule has 1 N–H and O–H groups in total. The van der Waals surface area contributed by atoms with Gasteiger partial charge in [-0.2, -0.15) is 0 Å². The standard InChI is InChI=1S/C15H16N2OS2/c1-10-16-13(8-19-10)9-20-14-6-2-11(3-7-14)15(18)17-12-4-5-12/h2-3,6-8,12H,4-5,9H2,1H3,(H,17,18). The van der Waals surface area contributed by atoms with Gasteiger partial charge in [-0.1, -0.05) is 0 Å². The Morgan fingerprint density at radius 1 is 1.40 bits per heavy atom. The van der Waals surface area contributed by atoms with Crippen molar-refractivity contribution in [1.29, 1.82) is 0 Å². The van der Waals surface area contributed by atoms with E-state index in [9.17, 15) is 4.79 Å². The van der Waals surface area contributed by atoms with Crippen LogP contribution in [0.5, 0.6) is 0 Å². The van der Waals surface area contributed by atoms with Gasteiger partial charge in [-0.25, -0.2) is 4.98 Å². The molecule has 20 heavy (non-hydrogen) atoms. The normalized spacial score (nSPS) is 14.2. The van der Waals surface area contributed by atoms with Crippen molar-refractivity contribution >= 4 is 29.0 Å². The summed E-state index contributed by atoms with van der Waals surface area (Å²) < 4.78 is 0. The van der Waals surface area contributed by atoms with Gasteiger partial charge in [-0.3, -0.25) is 4.79 Å². The smallest absolute Gasteiger partial charge is 0.251 e. The van der Waals surface area contributed by atoms with E-state index in [1.807, 2.05) is 31.2 Å². The number of nitrogens with one attached hydrogen (secondary N) is 1. The van der Waals surface area contributed by atoms with Gasteiger partial charge in [0.05, 0.1) is 10.7 Å². The number of amides is 1. The third-order valence-corrected chi connectivity index (χ3v) is 4.95. The van der Waals surface area contributed by atoms with Crippen LogP contribution >= 0.6 is 23.1 Å². The van der Waals surface area contributed by atoms with Crippen molar-refractivity contribution in [2.45, 2.75) is 36.5 Å². The number of nitrogens with zero attached hydrogens (tertiary/aromatic N) is 1. The van der Waals surface area contributed by atoms with E-state index in [2.05, 4.69) is 15.7 Å². The summed E-state index contributed by atoms with van der Waals surface area (Å²) in [6, 6.07) is 8.21. The van der Waals surface area contributed by atoms with E-state index in [1.165, 1.54) is 4.90 Å². The van der Waals surface area contributed by atoms with E-state index in [0.717, 1.165) is 34.9 Å². The summed E-state index contributed by atoms with van der Waals surface area (Å²) in [4.78, 5) is 17.5. The molecular weight excluding hydrogens is 288 g/mol. The molecule has 0 aliphatic heterocycles. The Balaban J connectivity index is 1.56. The van der Waals surface area contributed by atoms with Crippen LogP contribution in [0.4, 0.5) is 0 Å². The molecule has 5 heteroatoms. The molecule has 3 nitrogen and oxygen atoms in total. The van der Waals surface area contributed by atoms with Crippen molar-refractivity contribution in [3.63, 3.8) is 0 Å². The molecule has 1 aliphatic carbocycles. The van der Waals surface area contributed by atoms with Gasteiger partial charge < -0.3 is 5.32 Å². The Kier molecular flexibility index (Phi) is 4.08. The molecular formula is C15H16N2OS2. The summed E-state index contributed by atoms with van der Waals surface area (Å²) in [5.74, 6) is 0.914. The lowest BCUT2D eigenvalue weighted by Gasteiger charge is -2.04. The molecule has 104 valence electrons. The second-order valence-corrected chi connectivity index (χ2v) is 7.03. The predicted octanol–water partition coefficient (Wildman–Crippen LogP) is 3.64. The minimum absolute atomic E-state index is 0.0409. The third kappa shape index (κ3) is 3.61. The van der Waals surface area contributed by atoms with Crippen molar-refractivity contribution < 1.29 is 4.79 Å². The van der Waals surface area contributed by atoms with Crippen molar-refractivity contribution in [3.05, 3.63) is 45.9 Å². The highest BCUT2D eigenvalue weighted by atomic mass is 32.2. The monoisotopic (exact) mass is 304 g/mol. The fraction of sp³-hybridized carbons (Fsp3) is 0.333. The van der Waals surface area contributed by atoms with E-state index in [1.54, 1.807) is 23.1 Å². The predicted molar refractivity (Wildman–Crippen MR) is 83.3 cm³/mol. The molecule has 1 fully saturated rings. The van der Waals surface area contributed by atoms with E-state index >= 15 is 0 Å². The summed E-state index contributed by atoms with van der Waals surface area (Å²) >= 11 is 3.43. The Labute approximate surface area is 126 Å². The second kappa shape index (κ2) is 5.97. The number of rotatable bonds is 5. The second-order valence-electron chi connectivity index (χ2n) is 4.92. The largest absolute Gasteiger partial charge is 0.349 e. The first kappa shape index (κ1) is 13.6. The zero-order valence-electron chi connectivity index (χ0n) is 11.3. The Hall–Kier alpha value is -1.33. The van der Waals surface area contributed by atoms with Gasteiger partial charge in [0, 0.05) is 27.6 Å². The van der Waals surface area contributed by atoms with Crippen LogP contribution < -0.4 is 5.32 Å². The highest BCUT2D eigenvalue weighted by Gasteiger charge is 2.23. The molecule has 0 atom stereocenters. The number of carbonyl (C=O) groups excluding carboxylic acids is 1. The summed E-state index contributed by atoms with van der Waals surface area (Å²) in [5, 5.41) is 6.20. The summed E-state index contributed by atoms with van der Waals surface area (Å²) in [7, 11) is 0. The van der Waals surface area contributed by atoms with Crippen LogP contribution in [0.15, 0.2) is 34.5 Å². The van der Waals surface area contributed by atoms with E-state index < -0.39 is 0 Å². The first-order chi connectivity index (χ1) is 9.70. The minimum atomic E-state index is 0.0409. The number of thiazole rings is 1. The van der Waals surface area contributed by atoms with Crippen LogP contribution in [-0.2, 0) is 5.75 Å². The molecule has 1 saturated carbocycles. The number of aryl methyl sites for hydroxylation is 1. The zero-order chi connectivity index (χ0) is 13.9. The third-order valence-electron chi connectivity index (χ3n) is 3.08. The van der Waals surface area contributed by atoms with Crippen molar-refractivity contribution in [3.8, 4) is 0 Å². The van der Waals surface area contributed by atoms with Gasteiger partial charge in [0.25, 0.3) is 5.91 Å². The maximum absolute atomic E-state index is 11.9. The maximum atomic E-state index is 11.9. The number of carbonyl (C=O) groups is 1.